The highest BCUT2D eigenvalue weighted by Crippen LogP contribution is 2.06. The molecule has 0 aliphatic carbocycles. The van der Waals surface area contributed by atoms with Gasteiger partial charge in [0, 0.05) is 6.04 Å². The fraction of sp³-hybridized carbons (Fsp3) is 0.429. The first-order valence-corrected chi connectivity index (χ1v) is 5.73. The summed E-state index contributed by atoms with van der Waals surface area (Å²) in [4.78, 5) is 0. The average molecular weight is 203 g/mol. The molecule has 0 spiro atoms. The predicted molar refractivity (Wildman–Crippen MR) is 67.0 cm³/mol. The Kier molecular flexibility index (Phi) is 5.79. The molecule has 1 N–H and O–H groups in total. The molecule has 0 heterocycles. The first-order chi connectivity index (χ1) is 7.36. The third-order valence-corrected chi connectivity index (χ3v) is 2.56. The van der Waals surface area contributed by atoms with Gasteiger partial charge in [0.1, 0.15) is 0 Å². The van der Waals surface area contributed by atoms with Crippen LogP contribution in [0.15, 0.2) is 42.5 Å². The van der Waals surface area contributed by atoms with Crippen molar-refractivity contribution in [2.75, 3.05) is 7.05 Å². The van der Waals surface area contributed by atoms with Gasteiger partial charge in [-0.3, -0.25) is 0 Å². The molecule has 0 radical (unpaired) electrons. The summed E-state index contributed by atoms with van der Waals surface area (Å²) in [5.74, 6) is 0. The first kappa shape index (κ1) is 12.0. The summed E-state index contributed by atoms with van der Waals surface area (Å²) in [6.45, 7) is 2.17. The molecule has 0 saturated carbocycles. The highest BCUT2D eigenvalue weighted by Gasteiger charge is 2.04. The Bertz CT molecular complexity index is 277. The van der Waals surface area contributed by atoms with E-state index in [0.717, 1.165) is 19.3 Å². The first-order valence-electron chi connectivity index (χ1n) is 5.73. The lowest BCUT2D eigenvalue weighted by Crippen LogP contribution is -2.26. The lowest BCUT2D eigenvalue weighted by atomic mass is 10.0. The number of likely N-dealkylation sites (N-methyl/N-ethyl adjacent to an activating group) is 1. The summed E-state index contributed by atoms with van der Waals surface area (Å²) in [6, 6.07) is 11.2. The van der Waals surface area contributed by atoms with Crippen molar-refractivity contribution in [2.24, 2.45) is 0 Å². The van der Waals surface area contributed by atoms with Crippen molar-refractivity contribution in [3.63, 3.8) is 0 Å². The molecule has 1 aromatic rings. The monoisotopic (exact) mass is 203 g/mol. The van der Waals surface area contributed by atoms with Gasteiger partial charge in [-0.2, -0.15) is 0 Å². The number of allylic oxidation sites excluding steroid dienone is 1. The highest BCUT2D eigenvalue weighted by molar-refractivity contribution is 5.16. The number of benzene rings is 1. The Balaban J connectivity index is 2.43. The van der Waals surface area contributed by atoms with Gasteiger partial charge in [-0.1, -0.05) is 49.4 Å². The molecule has 1 atom stereocenters. The minimum absolute atomic E-state index is 0.551. The molecular weight excluding hydrogens is 182 g/mol. The van der Waals surface area contributed by atoms with Gasteiger partial charge < -0.3 is 5.32 Å². The molecule has 0 aliphatic heterocycles. The van der Waals surface area contributed by atoms with Gasteiger partial charge in [-0.05, 0) is 31.9 Å². The van der Waals surface area contributed by atoms with Crippen LogP contribution in [-0.4, -0.2) is 13.1 Å². The zero-order chi connectivity index (χ0) is 10.9. The van der Waals surface area contributed by atoms with Crippen molar-refractivity contribution >= 4 is 0 Å². The van der Waals surface area contributed by atoms with E-state index in [9.17, 15) is 0 Å². The Labute approximate surface area is 93.2 Å². The van der Waals surface area contributed by atoms with E-state index in [2.05, 4.69) is 54.7 Å². The van der Waals surface area contributed by atoms with E-state index in [0.29, 0.717) is 6.04 Å². The van der Waals surface area contributed by atoms with Crippen LogP contribution in [0.4, 0.5) is 0 Å². The third-order valence-electron chi connectivity index (χ3n) is 2.56. The Morgan fingerprint density at radius 3 is 2.53 bits per heavy atom. The molecule has 0 aliphatic rings. The Hall–Kier alpha value is -1.08. The molecule has 1 nitrogen and oxygen atoms in total. The zero-order valence-electron chi connectivity index (χ0n) is 9.74. The van der Waals surface area contributed by atoms with Crippen LogP contribution in [0.3, 0.4) is 0 Å². The minimum Gasteiger partial charge on any atom is -0.316 e. The van der Waals surface area contributed by atoms with Gasteiger partial charge in [0.25, 0.3) is 0 Å². The second-order valence-corrected chi connectivity index (χ2v) is 3.79. The number of nitrogens with one attached hydrogen (secondary N) is 1. The highest BCUT2D eigenvalue weighted by atomic mass is 14.9. The standard InChI is InChI=1S/C14H21N/c1-3-4-6-11-14(15-2)12-13-9-7-5-8-10-13/h4-10,14-15H,3,11-12H2,1-2H3/b6-4+. The van der Waals surface area contributed by atoms with Gasteiger partial charge in [0.2, 0.25) is 0 Å². The summed E-state index contributed by atoms with van der Waals surface area (Å²) < 4.78 is 0. The van der Waals surface area contributed by atoms with E-state index in [1.165, 1.54) is 5.56 Å². The van der Waals surface area contributed by atoms with E-state index in [1.807, 2.05) is 7.05 Å². The lowest BCUT2D eigenvalue weighted by molar-refractivity contribution is 0.565. The van der Waals surface area contributed by atoms with Crippen molar-refractivity contribution in [1.82, 2.24) is 5.32 Å². The second kappa shape index (κ2) is 7.24. The average Bonchev–Trinajstić information content (AvgIpc) is 2.29. The second-order valence-electron chi connectivity index (χ2n) is 3.79. The molecule has 0 bridgehead atoms. The molecule has 1 aromatic carbocycles. The quantitative estimate of drug-likeness (QED) is 0.700. The maximum absolute atomic E-state index is 3.36. The van der Waals surface area contributed by atoms with Crippen molar-refractivity contribution < 1.29 is 0 Å². The molecule has 1 heteroatoms. The number of hydrogen-bond donors (Lipinski definition) is 1. The summed E-state index contributed by atoms with van der Waals surface area (Å²) >= 11 is 0. The summed E-state index contributed by atoms with van der Waals surface area (Å²) in [7, 11) is 2.04. The number of rotatable bonds is 6. The van der Waals surface area contributed by atoms with E-state index in [1.54, 1.807) is 0 Å². The van der Waals surface area contributed by atoms with E-state index < -0.39 is 0 Å². The van der Waals surface area contributed by atoms with Crippen LogP contribution in [0, 0.1) is 0 Å². The van der Waals surface area contributed by atoms with E-state index >= 15 is 0 Å². The van der Waals surface area contributed by atoms with Crippen LogP contribution in [0.5, 0.6) is 0 Å². The summed E-state index contributed by atoms with van der Waals surface area (Å²) in [5, 5.41) is 3.36. The number of hydrogen-bond acceptors (Lipinski definition) is 1. The maximum Gasteiger partial charge on any atom is 0.0139 e. The van der Waals surface area contributed by atoms with E-state index in [4.69, 9.17) is 0 Å². The molecular formula is C14H21N. The van der Waals surface area contributed by atoms with Gasteiger partial charge in [-0.25, -0.2) is 0 Å². The third kappa shape index (κ3) is 4.80. The van der Waals surface area contributed by atoms with Gasteiger partial charge in [-0.15, -0.1) is 0 Å². The fourth-order valence-corrected chi connectivity index (χ4v) is 1.63. The van der Waals surface area contributed by atoms with Gasteiger partial charge in [0.05, 0.1) is 0 Å². The van der Waals surface area contributed by atoms with Crippen LogP contribution >= 0.6 is 0 Å². The fourth-order valence-electron chi connectivity index (χ4n) is 1.63. The molecule has 0 aromatic heterocycles. The Morgan fingerprint density at radius 2 is 1.93 bits per heavy atom. The van der Waals surface area contributed by atoms with Crippen molar-refractivity contribution in [3.05, 3.63) is 48.0 Å². The molecule has 1 unspecified atom stereocenters. The largest absolute Gasteiger partial charge is 0.316 e. The minimum atomic E-state index is 0.551. The zero-order valence-corrected chi connectivity index (χ0v) is 9.74. The van der Waals surface area contributed by atoms with Crippen LogP contribution in [0.2, 0.25) is 0 Å². The van der Waals surface area contributed by atoms with Crippen LogP contribution in [-0.2, 0) is 6.42 Å². The Morgan fingerprint density at radius 1 is 1.20 bits per heavy atom. The smallest absolute Gasteiger partial charge is 0.0139 e. The normalized spacial score (nSPS) is 13.2. The van der Waals surface area contributed by atoms with Crippen molar-refractivity contribution in [2.45, 2.75) is 32.2 Å². The molecule has 15 heavy (non-hydrogen) atoms. The van der Waals surface area contributed by atoms with Gasteiger partial charge in [0.15, 0.2) is 0 Å². The predicted octanol–water partition coefficient (Wildman–Crippen LogP) is 3.17. The lowest BCUT2D eigenvalue weighted by Gasteiger charge is -2.13. The van der Waals surface area contributed by atoms with E-state index in [-0.39, 0.29) is 0 Å². The SMILES string of the molecule is CC/C=C/CC(Cc1ccccc1)NC. The van der Waals surface area contributed by atoms with Gasteiger partial charge >= 0.3 is 0 Å². The van der Waals surface area contributed by atoms with Crippen molar-refractivity contribution in [3.8, 4) is 0 Å². The summed E-state index contributed by atoms with van der Waals surface area (Å²) in [6.07, 6.45) is 7.84. The maximum atomic E-state index is 3.36. The molecule has 82 valence electrons. The van der Waals surface area contributed by atoms with Crippen molar-refractivity contribution in [1.29, 1.82) is 0 Å². The molecule has 0 fully saturated rings. The van der Waals surface area contributed by atoms with Crippen LogP contribution in [0.25, 0.3) is 0 Å². The molecule has 1 rings (SSSR count). The molecule has 0 amide bonds. The summed E-state index contributed by atoms with van der Waals surface area (Å²) in [5.41, 5.74) is 1.40. The van der Waals surface area contributed by atoms with Crippen LogP contribution < -0.4 is 5.32 Å². The molecule has 0 saturated heterocycles. The topological polar surface area (TPSA) is 12.0 Å². The van der Waals surface area contributed by atoms with Crippen LogP contribution in [0.1, 0.15) is 25.3 Å².